The van der Waals surface area contributed by atoms with Crippen LogP contribution in [0.1, 0.15) is 18.1 Å². The highest BCUT2D eigenvalue weighted by molar-refractivity contribution is 7.89. The van der Waals surface area contributed by atoms with Crippen molar-refractivity contribution in [1.29, 1.82) is 0 Å². The maximum Gasteiger partial charge on any atom is 0.244 e. The highest BCUT2D eigenvalue weighted by Crippen LogP contribution is 2.08. The number of sulfonamides is 1. The van der Waals surface area contributed by atoms with Crippen molar-refractivity contribution in [2.75, 3.05) is 6.61 Å². The Morgan fingerprint density at radius 2 is 2.30 bits per heavy atom. The van der Waals surface area contributed by atoms with Gasteiger partial charge in [-0.25, -0.2) is 13.1 Å². The van der Waals surface area contributed by atoms with E-state index in [4.69, 9.17) is 9.63 Å². The number of aryl methyl sites for hydroxylation is 2. The van der Waals surface area contributed by atoms with Crippen molar-refractivity contribution in [3.8, 4) is 0 Å². The first-order valence-corrected chi connectivity index (χ1v) is 7.42. The largest absolute Gasteiger partial charge is 0.396 e. The predicted molar refractivity (Wildman–Crippen MR) is 67.0 cm³/mol. The summed E-state index contributed by atoms with van der Waals surface area (Å²) in [6.07, 6.45) is 3.16. The average molecular weight is 301 g/mol. The monoisotopic (exact) mass is 301 g/mol. The van der Waals surface area contributed by atoms with Gasteiger partial charge in [0.05, 0.1) is 12.7 Å². The van der Waals surface area contributed by atoms with Gasteiger partial charge in [-0.05, 0) is 13.3 Å². The Hall–Kier alpha value is -1.78. The molecule has 2 heterocycles. The van der Waals surface area contributed by atoms with Gasteiger partial charge >= 0.3 is 0 Å². The third kappa shape index (κ3) is 3.62. The van der Waals surface area contributed by atoms with Crippen LogP contribution in [0.4, 0.5) is 0 Å². The zero-order chi connectivity index (χ0) is 14.6. The lowest BCUT2D eigenvalue weighted by Crippen LogP contribution is -2.23. The highest BCUT2D eigenvalue weighted by Gasteiger charge is 2.17. The molecule has 0 bridgehead atoms. The van der Waals surface area contributed by atoms with Gasteiger partial charge in [-0.3, -0.25) is 4.68 Å². The van der Waals surface area contributed by atoms with Gasteiger partial charge in [0.1, 0.15) is 4.90 Å². The van der Waals surface area contributed by atoms with Crippen LogP contribution >= 0.6 is 0 Å². The van der Waals surface area contributed by atoms with Crippen molar-refractivity contribution in [2.24, 2.45) is 0 Å². The van der Waals surface area contributed by atoms with Crippen LogP contribution in [0.3, 0.4) is 0 Å². The van der Waals surface area contributed by atoms with Crippen LogP contribution in [0.2, 0.25) is 0 Å². The minimum absolute atomic E-state index is 0.0245. The van der Waals surface area contributed by atoms with E-state index >= 15 is 0 Å². The van der Waals surface area contributed by atoms with Gasteiger partial charge < -0.3 is 9.63 Å². The van der Waals surface area contributed by atoms with Gasteiger partial charge in [0, 0.05) is 19.3 Å². The second-order valence-electron chi connectivity index (χ2n) is 4.08. The number of aromatic nitrogens is 4. The van der Waals surface area contributed by atoms with E-state index < -0.39 is 10.0 Å². The van der Waals surface area contributed by atoms with Gasteiger partial charge in [-0.2, -0.15) is 10.1 Å². The molecule has 0 aliphatic heterocycles. The van der Waals surface area contributed by atoms with Gasteiger partial charge in [0.2, 0.25) is 15.9 Å². The van der Waals surface area contributed by atoms with Crippen molar-refractivity contribution in [1.82, 2.24) is 24.6 Å². The van der Waals surface area contributed by atoms with Crippen molar-refractivity contribution >= 4 is 10.0 Å². The molecule has 0 atom stereocenters. The number of nitrogens with zero attached hydrogens (tertiary/aromatic N) is 4. The zero-order valence-electron chi connectivity index (χ0n) is 10.9. The maximum absolute atomic E-state index is 12.0. The lowest BCUT2D eigenvalue weighted by Gasteiger charge is -2.01. The minimum Gasteiger partial charge on any atom is -0.396 e. The van der Waals surface area contributed by atoms with Crippen LogP contribution in [0.15, 0.2) is 21.8 Å². The zero-order valence-corrected chi connectivity index (χ0v) is 11.7. The molecule has 0 fully saturated rings. The molecular weight excluding hydrogens is 286 g/mol. The molecule has 0 aliphatic rings. The van der Waals surface area contributed by atoms with E-state index in [1.165, 1.54) is 17.1 Å². The topological polar surface area (TPSA) is 123 Å². The lowest BCUT2D eigenvalue weighted by atomic mass is 10.5. The van der Waals surface area contributed by atoms with Gasteiger partial charge in [-0.15, -0.1) is 0 Å². The minimum atomic E-state index is -3.68. The van der Waals surface area contributed by atoms with E-state index in [0.717, 1.165) is 0 Å². The van der Waals surface area contributed by atoms with Gasteiger partial charge in [0.15, 0.2) is 5.82 Å². The van der Waals surface area contributed by atoms with Crippen molar-refractivity contribution < 1.29 is 18.0 Å². The normalized spacial score (nSPS) is 11.9. The van der Waals surface area contributed by atoms with Crippen molar-refractivity contribution in [2.45, 2.75) is 31.3 Å². The first kappa shape index (κ1) is 14.6. The number of hydrogen-bond donors (Lipinski definition) is 2. The molecule has 20 heavy (non-hydrogen) atoms. The van der Waals surface area contributed by atoms with Crippen molar-refractivity contribution in [3.05, 3.63) is 24.1 Å². The van der Waals surface area contributed by atoms with E-state index in [1.807, 2.05) is 0 Å². The first-order chi connectivity index (χ1) is 9.51. The quantitative estimate of drug-likeness (QED) is 0.702. The summed E-state index contributed by atoms with van der Waals surface area (Å²) in [6, 6.07) is 0. The SMILES string of the molecule is Cc1noc(CNS(=O)(=O)c2cnn(CCCO)c2)n1. The van der Waals surface area contributed by atoms with E-state index in [0.29, 0.717) is 18.8 Å². The smallest absolute Gasteiger partial charge is 0.244 e. The average Bonchev–Trinajstić information content (AvgIpc) is 3.03. The molecule has 110 valence electrons. The fourth-order valence-electron chi connectivity index (χ4n) is 1.49. The molecule has 2 rings (SSSR count). The van der Waals surface area contributed by atoms with Gasteiger partial charge in [-0.1, -0.05) is 5.16 Å². The summed E-state index contributed by atoms with van der Waals surface area (Å²) >= 11 is 0. The molecule has 0 saturated carbocycles. The molecular formula is C10H15N5O4S. The van der Waals surface area contributed by atoms with E-state index in [1.54, 1.807) is 6.92 Å². The van der Waals surface area contributed by atoms with Gasteiger partial charge in [0.25, 0.3) is 0 Å². The summed E-state index contributed by atoms with van der Waals surface area (Å²) < 4.78 is 32.6. The van der Waals surface area contributed by atoms with E-state index in [2.05, 4.69) is 20.0 Å². The number of nitrogens with one attached hydrogen (secondary N) is 1. The van der Waals surface area contributed by atoms with Crippen LogP contribution in [0, 0.1) is 6.92 Å². The van der Waals surface area contributed by atoms with Crippen LogP contribution in [-0.2, 0) is 23.1 Å². The summed E-state index contributed by atoms with van der Waals surface area (Å²) in [5.41, 5.74) is 0. The fourth-order valence-corrected chi connectivity index (χ4v) is 2.42. The third-order valence-electron chi connectivity index (χ3n) is 2.45. The molecule has 10 heteroatoms. The summed E-state index contributed by atoms with van der Waals surface area (Å²) in [5, 5.41) is 16.2. The highest BCUT2D eigenvalue weighted by atomic mass is 32.2. The summed E-state index contributed by atoms with van der Waals surface area (Å²) in [7, 11) is -3.68. The lowest BCUT2D eigenvalue weighted by molar-refractivity contribution is 0.277. The Bertz CT molecular complexity index is 663. The van der Waals surface area contributed by atoms with Crippen LogP contribution in [0.5, 0.6) is 0 Å². The van der Waals surface area contributed by atoms with E-state index in [9.17, 15) is 8.42 Å². The van der Waals surface area contributed by atoms with Crippen LogP contribution in [-0.4, -0.2) is 40.1 Å². The molecule has 2 aromatic heterocycles. The Balaban J connectivity index is 2.00. The molecule has 0 aliphatic carbocycles. The molecule has 2 N–H and O–H groups in total. The number of hydrogen-bond acceptors (Lipinski definition) is 7. The van der Waals surface area contributed by atoms with E-state index in [-0.39, 0.29) is 23.9 Å². The molecule has 0 spiro atoms. The molecule has 0 radical (unpaired) electrons. The Morgan fingerprint density at radius 1 is 1.50 bits per heavy atom. The molecule has 0 aromatic carbocycles. The summed E-state index contributed by atoms with van der Waals surface area (Å²) in [6.45, 7) is 2.04. The maximum atomic E-state index is 12.0. The first-order valence-electron chi connectivity index (χ1n) is 5.93. The second-order valence-corrected chi connectivity index (χ2v) is 5.84. The molecule has 0 amide bonds. The fraction of sp³-hybridized carbons (Fsp3) is 0.500. The Morgan fingerprint density at radius 3 is 2.95 bits per heavy atom. The van der Waals surface area contributed by atoms with Crippen LogP contribution < -0.4 is 4.72 Å². The van der Waals surface area contributed by atoms with Crippen molar-refractivity contribution in [3.63, 3.8) is 0 Å². The molecule has 0 unspecified atom stereocenters. The summed E-state index contributed by atoms with van der Waals surface area (Å²) in [5.74, 6) is 0.634. The Labute approximate surface area is 115 Å². The third-order valence-corrected chi connectivity index (χ3v) is 3.80. The standard InChI is InChI=1S/C10H15N5O4S/c1-8-13-10(19-14-8)6-12-20(17,18)9-5-11-15(7-9)3-2-4-16/h5,7,12,16H,2-4,6H2,1H3. The predicted octanol–water partition coefficient (Wildman–Crippen LogP) is -0.565. The second kappa shape index (κ2) is 6.11. The number of aliphatic hydroxyl groups excluding tert-OH is 1. The Kier molecular flexibility index (Phi) is 4.47. The number of rotatable bonds is 7. The molecule has 2 aromatic rings. The summed E-state index contributed by atoms with van der Waals surface area (Å²) in [4.78, 5) is 3.95. The molecule has 0 saturated heterocycles. The van der Waals surface area contributed by atoms with Crippen LogP contribution in [0.25, 0.3) is 0 Å². The molecule has 9 nitrogen and oxygen atoms in total. The number of aliphatic hydroxyl groups is 1.